The fourth-order valence-corrected chi connectivity index (χ4v) is 1.55. The van der Waals surface area contributed by atoms with Crippen molar-refractivity contribution in [2.45, 2.75) is 44.9 Å². The number of hydrogen-bond acceptors (Lipinski definition) is 3. The maximum Gasteiger partial charge on any atom is 0.249 e. The van der Waals surface area contributed by atoms with Gasteiger partial charge in [-0.05, 0) is 26.7 Å². The van der Waals surface area contributed by atoms with Crippen LogP contribution in [0.15, 0.2) is 0 Å². The van der Waals surface area contributed by atoms with Crippen molar-refractivity contribution in [3.8, 4) is 0 Å². The maximum atomic E-state index is 11.5. The third-order valence-electron chi connectivity index (χ3n) is 2.55. The number of carbonyl (C=O) groups is 1. The molecule has 3 atom stereocenters. The van der Waals surface area contributed by atoms with Crippen LogP contribution >= 0.6 is 0 Å². The lowest BCUT2D eigenvalue weighted by Gasteiger charge is -2.28. The van der Waals surface area contributed by atoms with Crippen molar-refractivity contribution in [2.75, 3.05) is 13.7 Å². The van der Waals surface area contributed by atoms with Crippen molar-refractivity contribution < 1.29 is 14.3 Å². The van der Waals surface area contributed by atoms with Crippen molar-refractivity contribution in [1.29, 1.82) is 0 Å². The molecule has 1 saturated heterocycles. The quantitative estimate of drug-likeness (QED) is 0.731. The fourth-order valence-electron chi connectivity index (χ4n) is 1.55. The second-order valence-electron chi connectivity index (χ2n) is 3.79. The minimum atomic E-state index is -0.367. The van der Waals surface area contributed by atoms with Crippen LogP contribution in [0.3, 0.4) is 0 Å². The lowest BCUT2D eigenvalue weighted by Crippen LogP contribution is -2.45. The van der Waals surface area contributed by atoms with E-state index in [1.165, 1.54) is 7.11 Å². The maximum absolute atomic E-state index is 11.5. The predicted molar refractivity (Wildman–Crippen MR) is 53.0 cm³/mol. The van der Waals surface area contributed by atoms with Gasteiger partial charge in [0, 0.05) is 19.8 Å². The highest BCUT2D eigenvalue weighted by Gasteiger charge is 2.22. The summed E-state index contributed by atoms with van der Waals surface area (Å²) in [5, 5.41) is 2.96. The average molecular weight is 201 g/mol. The predicted octanol–water partition coefficient (Wildman–Crippen LogP) is 0.705. The van der Waals surface area contributed by atoms with Gasteiger partial charge in [0.05, 0.1) is 6.10 Å². The summed E-state index contributed by atoms with van der Waals surface area (Å²) < 4.78 is 10.3. The first-order chi connectivity index (χ1) is 6.63. The van der Waals surface area contributed by atoms with Crippen molar-refractivity contribution in [1.82, 2.24) is 5.32 Å². The van der Waals surface area contributed by atoms with E-state index in [9.17, 15) is 4.79 Å². The van der Waals surface area contributed by atoms with Gasteiger partial charge in [-0.15, -0.1) is 0 Å². The number of nitrogens with one attached hydrogen (secondary N) is 1. The van der Waals surface area contributed by atoms with Crippen LogP contribution in [0, 0.1) is 0 Å². The minimum Gasteiger partial charge on any atom is -0.378 e. The zero-order valence-corrected chi connectivity index (χ0v) is 9.08. The lowest BCUT2D eigenvalue weighted by atomic mass is 10.0. The molecule has 1 aliphatic heterocycles. The largest absolute Gasteiger partial charge is 0.378 e. The molecule has 1 N–H and O–H groups in total. The van der Waals surface area contributed by atoms with Crippen LogP contribution in [0.1, 0.15) is 26.7 Å². The van der Waals surface area contributed by atoms with Gasteiger partial charge in [-0.1, -0.05) is 0 Å². The van der Waals surface area contributed by atoms with E-state index < -0.39 is 0 Å². The Morgan fingerprint density at radius 1 is 1.64 bits per heavy atom. The molecule has 0 bridgehead atoms. The number of hydrogen-bond donors (Lipinski definition) is 1. The fraction of sp³-hybridized carbons (Fsp3) is 0.900. The average Bonchev–Trinajstić information content (AvgIpc) is 2.16. The van der Waals surface area contributed by atoms with Crippen LogP contribution in [-0.4, -0.2) is 37.9 Å². The molecular weight excluding hydrogens is 182 g/mol. The van der Waals surface area contributed by atoms with Crippen LogP contribution in [0.25, 0.3) is 0 Å². The summed E-state index contributed by atoms with van der Waals surface area (Å²) in [6, 6.07) is 0.240. The Morgan fingerprint density at radius 3 is 2.93 bits per heavy atom. The molecule has 0 aromatic carbocycles. The van der Waals surface area contributed by atoms with Crippen molar-refractivity contribution in [3.63, 3.8) is 0 Å². The molecular formula is C10H19NO3. The van der Waals surface area contributed by atoms with E-state index in [0.29, 0.717) is 0 Å². The molecule has 1 rings (SSSR count). The Kier molecular flexibility index (Phi) is 4.35. The summed E-state index contributed by atoms with van der Waals surface area (Å²) in [4.78, 5) is 11.5. The van der Waals surface area contributed by atoms with Gasteiger partial charge in [0.15, 0.2) is 0 Å². The Bertz CT molecular complexity index is 196. The van der Waals surface area contributed by atoms with Gasteiger partial charge in [0.25, 0.3) is 0 Å². The second kappa shape index (κ2) is 5.32. The zero-order chi connectivity index (χ0) is 10.6. The molecule has 0 aromatic heterocycles. The SMILES string of the molecule is COC(C)C(=O)NC1CCOC(C)C1. The molecule has 82 valence electrons. The Labute approximate surface area is 85.0 Å². The molecule has 4 nitrogen and oxygen atoms in total. The zero-order valence-electron chi connectivity index (χ0n) is 9.08. The highest BCUT2D eigenvalue weighted by molar-refractivity contribution is 5.80. The smallest absolute Gasteiger partial charge is 0.249 e. The Morgan fingerprint density at radius 2 is 2.36 bits per heavy atom. The molecule has 0 spiro atoms. The monoisotopic (exact) mass is 201 g/mol. The molecule has 1 heterocycles. The topological polar surface area (TPSA) is 47.6 Å². The van der Waals surface area contributed by atoms with E-state index in [4.69, 9.17) is 9.47 Å². The Balaban J connectivity index is 2.32. The number of amides is 1. The summed E-state index contributed by atoms with van der Waals surface area (Å²) in [7, 11) is 1.54. The minimum absolute atomic E-state index is 0.0356. The Hall–Kier alpha value is -0.610. The third-order valence-corrected chi connectivity index (χ3v) is 2.55. The summed E-state index contributed by atoms with van der Waals surface area (Å²) in [5.74, 6) is -0.0356. The second-order valence-corrected chi connectivity index (χ2v) is 3.79. The standard InChI is InChI=1S/C10H19NO3/c1-7-6-9(4-5-14-7)11-10(12)8(2)13-3/h7-9H,4-6H2,1-3H3,(H,11,12). The molecule has 4 heteroatoms. The number of methoxy groups -OCH3 is 1. The number of rotatable bonds is 3. The molecule has 0 saturated carbocycles. The van der Waals surface area contributed by atoms with E-state index in [1.807, 2.05) is 6.92 Å². The van der Waals surface area contributed by atoms with E-state index in [1.54, 1.807) is 6.92 Å². The van der Waals surface area contributed by atoms with Crippen LogP contribution in [0.2, 0.25) is 0 Å². The van der Waals surface area contributed by atoms with E-state index in [0.717, 1.165) is 19.4 Å². The van der Waals surface area contributed by atoms with Gasteiger partial charge in [0.2, 0.25) is 5.91 Å². The van der Waals surface area contributed by atoms with Gasteiger partial charge in [-0.2, -0.15) is 0 Å². The molecule has 1 aliphatic rings. The van der Waals surface area contributed by atoms with E-state index in [2.05, 4.69) is 5.32 Å². The van der Waals surface area contributed by atoms with Crippen LogP contribution in [0.4, 0.5) is 0 Å². The first-order valence-corrected chi connectivity index (χ1v) is 5.08. The molecule has 1 amide bonds. The molecule has 3 unspecified atom stereocenters. The summed E-state index contributed by atoms with van der Waals surface area (Å²) in [5.41, 5.74) is 0. The summed E-state index contributed by atoms with van der Waals surface area (Å²) >= 11 is 0. The summed E-state index contributed by atoms with van der Waals surface area (Å²) in [6.07, 6.45) is 1.66. The van der Waals surface area contributed by atoms with Crippen LogP contribution in [-0.2, 0) is 14.3 Å². The lowest BCUT2D eigenvalue weighted by molar-refractivity contribution is -0.131. The molecule has 0 aliphatic carbocycles. The molecule has 0 radical (unpaired) electrons. The van der Waals surface area contributed by atoms with E-state index >= 15 is 0 Å². The molecule has 14 heavy (non-hydrogen) atoms. The molecule has 0 aromatic rings. The highest BCUT2D eigenvalue weighted by Crippen LogP contribution is 2.13. The van der Waals surface area contributed by atoms with E-state index in [-0.39, 0.29) is 24.2 Å². The van der Waals surface area contributed by atoms with Crippen molar-refractivity contribution in [3.05, 3.63) is 0 Å². The van der Waals surface area contributed by atoms with Gasteiger partial charge in [-0.25, -0.2) is 0 Å². The van der Waals surface area contributed by atoms with Gasteiger partial charge in [-0.3, -0.25) is 4.79 Å². The third kappa shape index (κ3) is 3.27. The van der Waals surface area contributed by atoms with Gasteiger partial charge < -0.3 is 14.8 Å². The first-order valence-electron chi connectivity index (χ1n) is 5.08. The van der Waals surface area contributed by atoms with Gasteiger partial charge in [0.1, 0.15) is 6.10 Å². The number of ether oxygens (including phenoxy) is 2. The van der Waals surface area contributed by atoms with Crippen molar-refractivity contribution >= 4 is 5.91 Å². The number of carbonyl (C=O) groups excluding carboxylic acids is 1. The normalized spacial score (nSPS) is 29.6. The van der Waals surface area contributed by atoms with Gasteiger partial charge >= 0.3 is 0 Å². The van der Waals surface area contributed by atoms with Crippen LogP contribution < -0.4 is 5.32 Å². The first kappa shape index (κ1) is 11.5. The highest BCUT2D eigenvalue weighted by atomic mass is 16.5. The van der Waals surface area contributed by atoms with Crippen LogP contribution in [0.5, 0.6) is 0 Å². The molecule has 1 fully saturated rings. The summed E-state index contributed by atoms with van der Waals surface area (Å²) in [6.45, 7) is 4.50. The van der Waals surface area contributed by atoms with Crippen molar-refractivity contribution in [2.24, 2.45) is 0 Å².